The van der Waals surface area contributed by atoms with Gasteiger partial charge in [-0.05, 0) is 32.0 Å². The monoisotopic (exact) mass is 190 g/mol. The lowest BCUT2D eigenvalue weighted by Crippen LogP contribution is -2.25. The van der Waals surface area contributed by atoms with E-state index in [1.165, 1.54) is 0 Å². The molecule has 0 bridgehead atoms. The summed E-state index contributed by atoms with van der Waals surface area (Å²) in [7, 11) is 1.90. The van der Waals surface area contributed by atoms with Crippen LogP contribution in [0.3, 0.4) is 0 Å². The third kappa shape index (κ3) is 2.15. The van der Waals surface area contributed by atoms with Crippen molar-refractivity contribution in [3.05, 3.63) is 23.5 Å². The molecular formula is C11H14N2O. The fourth-order valence-electron chi connectivity index (χ4n) is 1.49. The Hall–Kier alpha value is -1.27. The van der Waals surface area contributed by atoms with Gasteiger partial charge in [0.15, 0.2) is 0 Å². The first-order valence-corrected chi connectivity index (χ1v) is 4.98. The van der Waals surface area contributed by atoms with Crippen LogP contribution in [-0.4, -0.2) is 19.2 Å². The molecule has 1 atom stereocenters. The summed E-state index contributed by atoms with van der Waals surface area (Å²) in [4.78, 5) is 0. The quantitative estimate of drug-likeness (QED) is 0.733. The average molecular weight is 190 g/mol. The molecule has 0 aromatic rings. The molecule has 1 N–H and O–H groups in total. The maximum Gasteiger partial charge on any atom is 0.118 e. The van der Waals surface area contributed by atoms with Crippen LogP contribution in [0.15, 0.2) is 23.5 Å². The topological polar surface area (TPSA) is 45.0 Å². The van der Waals surface area contributed by atoms with Crippen LogP contribution in [0.5, 0.6) is 0 Å². The first-order valence-electron chi connectivity index (χ1n) is 4.98. The zero-order valence-electron chi connectivity index (χ0n) is 8.29. The highest BCUT2D eigenvalue weighted by Crippen LogP contribution is 2.29. The molecule has 1 unspecified atom stereocenters. The fraction of sp³-hybridized carbons (Fsp3) is 0.545. The van der Waals surface area contributed by atoms with E-state index < -0.39 is 0 Å². The van der Waals surface area contributed by atoms with E-state index in [9.17, 15) is 0 Å². The second-order valence-corrected chi connectivity index (χ2v) is 3.77. The Morgan fingerprint density at radius 1 is 1.57 bits per heavy atom. The van der Waals surface area contributed by atoms with Crippen molar-refractivity contribution >= 4 is 0 Å². The molecule has 0 radical (unpaired) electrons. The van der Waals surface area contributed by atoms with Gasteiger partial charge in [-0.15, -0.1) is 0 Å². The van der Waals surface area contributed by atoms with Gasteiger partial charge in [0.1, 0.15) is 5.76 Å². The van der Waals surface area contributed by atoms with Gasteiger partial charge < -0.3 is 10.1 Å². The van der Waals surface area contributed by atoms with E-state index in [0.717, 1.165) is 30.6 Å². The van der Waals surface area contributed by atoms with E-state index in [1.807, 2.05) is 13.1 Å². The molecule has 3 heteroatoms. The number of nitrogens with one attached hydrogen (secondary N) is 1. The normalized spacial score (nSPS) is 26.1. The van der Waals surface area contributed by atoms with Crippen molar-refractivity contribution in [1.82, 2.24) is 5.32 Å². The van der Waals surface area contributed by atoms with Crippen LogP contribution in [0.4, 0.5) is 0 Å². The molecule has 0 amide bonds. The predicted octanol–water partition coefficient (Wildman–Crippen LogP) is 1.49. The molecular weight excluding hydrogens is 176 g/mol. The lowest BCUT2D eigenvalue weighted by Gasteiger charge is -2.18. The lowest BCUT2D eigenvalue weighted by molar-refractivity contribution is 0.205. The third-order valence-corrected chi connectivity index (χ3v) is 2.46. The first-order chi connectivity index (χ1) is 6.81. The minimum absolute atomic E-state index is 0.239. The Labute approximate surface area is 84.1 Å². The third-order valence-electron chi connectivity index (χ3n) is 2.46. The summed E-state index contributed by atoms with van der Waals surface area (Å²) >= 11 is 0. The Morgan fingerprint density at radius 2 is 2.36 bits per heavy atom. The van der Waals surface area contributed by atoms with Gasteiger partial charge in [0.25, 0.3) is 0 Å². The number of nitriles is 1. The zero-order valence-corrected chi connectivity index (χ0v) is 8.29. The Kier molecular flexibility index (Phi) is 2.55. The van der Waals surface area contributed by atoms with E-state index in [0.29, 0.717) is 6.10 Å². The van der Waals surface area contributed by atoms with Gasteiger partial charge in [-0.2, -0.15) is 5.26 Å². The fourth-order valence-corrected chi connectivity index (χ4v) is 1.49. The second-order valence-electron chi connectivity index (χ2n) is 3.77. The molecule has 0 aromatic heterocycles. The van der Waals surface area contributed by atoms with E-state index in [1.54, 1.807) is 0 Å². The molecule has 1 fully saturated rings. The molecule has 74 valence electrons. The standard InChI is InChI=1S/C11H14N2O/c1-13-9-4-8(7-12)5-11(6-9)14-10-2-3-10/h5-6,9-10,13H,2-4H2,1H3. The van der Waals surface area contributed by atoms with Gasteiger partial charge in [-0.25, -0.2) is 0 Å². The van der Waals surface area contributed by atoms with Crippen LogP contribution in [0.2, 0.25) is 0 Å². The van der Waals surface area contributed by atoms with Crippen molar-refractivity contribution < 1.29 is 4.74 Å². The molecule has 1 saturated carbocycles. The van der Waals surface area contributed by atoms with Crippen LogP contribution in [0.25, 0.3) is 0 Å². The van der Waals surface area contributed by atoms with Crippen LogP contribution < -0.4 is 5.32 Å². The van der Waals surface area contributed by atoms with E-state index in [4.69, 9.17) is 10.00 Å². The molecule has 0 aliphatic heterocycles. The summed E-state index contributed by atoms with van der Waals surface area (Å²) < 4.78 is 5.66. The summed E-state index contributed by atoms with van der Waals surface area (Å²) in [5.74, 6) is 0.856. The number of allylic oxidation sites excluding steroid dienone is 1. The van der Waals surface area contributed by atoms with Crippen LogP contribution in [-0.2, 0) is 4.74 Å². The number of ether oxygens (including phenoxy) is 1. The molecule has 0 aromatic carbocycles. The maximum absolute atomic E-state index is 8.84. The highest BCUT2D eigenvalue weighted by Gasteiger charge is 2.25. The maximum atomic E-state index is 8.84. The zero-order chi connectivity index (χ0) is 9.97. The van der Waals surface area contributed by atoms with E-state index in [-0.39, 0.29) is 6.04 Å². The number of likely N-dealkylation sites (N-methyl/N-ethyl adjacent to an activating group) is 1. The van der Waals surface area contributed by atoms with Crippen molar-refractivity contribution in [2.24, 2.45) is 0 Å². The number of hydrogen-bond donors (Lipinski definition) is 1. The average Bonchev–Trinajstić information content (AvgIpc) is 3.01. The molecule has 0 saturated heterocycles. The summed E-state index contributed by atoms with van der Waals surface area (Å²) in [6, 6.07) is 2.43. The van der Waals surface area contributed by atoms with Crippen molar-refractivity contribution in [2.45, 2.75) is 31.4 Å². The second kappa shape index (κ2) is 3.85. The summed E-state index contributed by atoms with van der Waals surface area (Å²) in [6.07, 6.45) is 7.37. The van der Waals surface area contributed by atoms with E-state index in [2.05, 4.69) is 17.5 Å². The highest BCUT2D eigenvalue weighted by atomic mass is 16.5. The van der Waals surface area contributed by atoms with E-state index >= 15 is 0 Å². The highest BCUT2D eigenvalue weighted by molar-refractivity contribution is 5.35. The largest absolute Gasteiger partial charge is 0.491 e. The molecule has 0 spiro atoms. The Bertz CT molecular complexity index is 321. The minimum atomic E-state index is 0.239. The summed E-state index contributed by atoms with van der Waals surface area (Å²) in [6.45, 7) is 0. The first kappa shape index (κ1) is 9.29. The molecule has 2 aliphatic rings. The van der Waals surface area contributed by atoms with Crippen LogP contribution in [0.1, 0.15) is 19.3 Å². The van der Waals surface area contributed by atoms with Gasteiger partial charge in [0, 0.05) is 18.0 Å². The van der Waals surface area contributed by atoms with Crippen molar-refractivity contribution in [1.29, 1.82) is 5.26 Å². The molecule has 2 aliphatic carbocycles. The van der Waals surface area contributed by atoms with Gasteiger partial charge in [-0.3, -0.25) is 0 Å². The SMILES string of the molecule is CNC1C=C(OC2CC2)C=C(C#N)C1. The van der Waals surface area contributed by atoms with Gasteiger partial charge >= 0.3 is 0 Å². The van der Waals surface area contributed by atoms with Crippen LogP contribution >= 0.6 is 0 Å². The van der Waals surface area contributed by atoms with Crippen molar-refractivity contribution in [3.8, 4) is 6.07 Å². The number of rotatable bonds is 3. The molecule has 2 rings (SSSR count). The van der Waals surface area contributed by atoms with Gasteiger partial charge in [0.05, 0.1) is 12.2 Å². The van der Waals surface area contributed by atoms with Crippen molar-refractivity contribution in [3.63, 3.8) is 0 Å². The number of hydrogen-bond acceptors (Lipinski definition) is 3. The number of nitrogens with zero attached hydrogens (tertiary/aromatic N) is 1. The summed E-state index contributed by atoms with van der Waals surface area (Å²) in [5.41, 5.74) is 0.794. The Balaban J connectivity index is 2.07. The Morgan fingerprint density at radius 3 is 2.93 bits per heavy atom. The molecule has 3 nitrogen and oxygen atoms in total. The van der Waals surface area contributed by atoms with Crippen molar-refractivity contribution in [2.75, 3.05) is 7.05 Å². The van der Waals surface area contributed by atoms with Gasteiger partial charge in [0.2, 0.25) is 0 Å². The predicted molar refractivity (Wildman–Crippen MR) is 53.4 cm³/mol. The molecule has 0 heterocycles. The minimum Gasteiger partial charge on any atom is -0.491 e. The summed E-state index contributed by atoms with van der Waals surface area (Å²) in [5, 5.41) is 12.0. The molecule has 14 heavy (non-hydrogen) atoms. The smallest absolute Gasteiger partial charge is 0.118 e. The van der Waals surface area contributed by atoms with Gasteiger partial charge in [-0.1, -0.05) is 0 Å². The lowest BCUT2D eigenvalue weighted by atomic mass is 10.0. The van der Waals surface area contributed by atoms with Crippen LogP contribution in [0, 0.1) is 11.3 Å².